The highest BCUT2D eigenvalue weighted by atomic mass is 35.5. The van der Waals surface area contributed by atoms with Crippen LogP contribution in [0.25, 0.3) is 10.2 Å². The Labute approximate surface area is 133 Å². The summed E-state index contributed by atoms with van der Waals surface area (Å²) in [5.74, 6) is 0.860. The van der Waals surface area contributed by atoms with E-state index >= 15 is 0 Å². The summed E-state index contributed by atoms with van der Waals surface area (Å²) >= 11 is 7.68. The van der Waals surface area contributed by atoms with E-state index in [9.17, 15) is 0 Å². The minimum Gasteiger partial charge on any atom is -0.354 e. The molecule has 0 bridgehead atoms. The van der Waals surface area contributed by atoms with Crippen LogP contribution in [0.5, 0.6) is 0 Å². The van der Waals surface area contributed by atoms with Crippen LogP contribution in [0.2, 0.25) is 5.02 Å². The van der Waals surface area contributed by atoms with Crippen LogP contribution in [0, 0.1) is 0 Å². The fraction of sp³-hybridized carbons (Fsp3) is 0.467. The number of guanidine groups is 1. The molecule has 21 heavy (non-hydrogen) atoms. The summed E-state index contributed by atoms with van der Waals surface area (Å²) in [6, 6.07) is 6.39. The Balaban J connectivity index is 1.61. The van der Waals surface area contributed by atoms with Gasteiger partial charge in [-0.25, -0.2) is 4.98 Å². The van der Waals surface area contributed by atoms with Crippen molar-refractivity contribution < 1.29 is 0 Å². The molecule has 2 N–H and O–H groups in total. The van der Waals surface area contributed by atoms with Gasteiger partial charge in [0.15, 0.2) is 5.96 Å². The number of halogens is 1. The van der Waals surface area contributed by atoms with E-state index in [4.69, 9.17) is 11.6 Å². The van der Waals surface area contributed by atoms with Crippen molar-refractivity contribution in [3.63, 3.8) is 0 Å². The number of thiazole rings is 1. The van der Waals surface area contributed by atoms with Crippen LogP contribution in [-0.2, 0) is 6.54 Å². The molecule has 1 aromatic carbocycles. The molecule has 1 aromatic heterocycles. The number of aliphatic imine (C=N–C) groups is 1. The summed E-state index contributed by atoms with van der Waals surface area (Å²) in [6.07, 6.45) is 5.10. The second kappa shape index (κ2) is 6.62. The monoisotopic (exact) mass is 322 g/mol. The van der Waals surface area contributed by atoms with Crippen molar-refractivity contribution in [2.45, 2.75) is 38.3 Å². The number of rotatable bonds is 3. The topological polar surface area (TPSA) is 49.3 Å². The maximum atomic E-state index is 5.99. The number of nitrogens with one attached hydrogen (secondary N) is 2. The highest BCUT2D eigenvalue weighted by Gasteiger charge is 2.16. The third-order valence-corrected chi connectivity index (χ3v) is 4.99. The minimum absolute atomic E-state index is 0.561. The molecule has 1 heterocycles. The van der Waals surface area contributed by atoms with Crippen LogP contribution in [-0.4, -0.2) is 24.0 Å². The molecule has 1 aliphatic rings. The van der Waals surface area contributed by atoms with Gasteiger partial charge in [-0.15, -0.1) is 11.3 Å². The van der Waals surface area contributed by atoms with Crippen LogP contribution < -0.4 is 10.6 Å². The Hall–Kier alpha value is -1.33. The van der Waals surface area contributed by atoms with Gasteiger partial charge in [0.05, 0.1) is 16.8 Å². The molecule has 1 saturated carbocycles. The zero-order valence-corrected chi connectivity index (χ0v) is 13.6. The maximum Gasteiger partial charge on any atom is 0.191 e. The molecule has 0 saturated heterocycles. The van der Waals surface area contributed by atoms with E-state index in [0.29, 0.717) is 12.6 Å². The maximum absolute atomic E-state index is 5.99. The van der Waals surface area contributed by atoms with Crippen molar-refractivity contribution in [1.82, 2.24) is 15.6 Å². The molecule has 1 fully saturated rings. The van der Waals surface area contributed by atoms with Gasteiger partial charge in [0.25, 0.3) is 0 Å². The molecule has 0 unspecified atom stereocenters. The first-order chi connectivity index (χ1) is 10.2. The van der Waals surface area contributed by atoms with E-state index in [2.05, 4.69) is 20.6 Å². The minimum atomic E-state index is 0.561. The van der Waals surface area contributed by atoms with Gasteiger partial charge in [-0.05, 0) is 31.0 Å². The molecule has 4 nitrogen and oxygen atoms in total. The van der Waals surface area contributed by atoms with Crippen LogP contribution in [0.4, 0.5) is 0 Å². The first-order valence-corrected chi connectivity index (χ1v) is 8.46. The van der Waals surface area contributed by atoms with E-state index in [-0.39, 0.29) is 0 Å². The highest BCUT2D eigenvalue weighted by molar-refractivity contribution is 7.18. The Morgan fingerprint density at radius 2 is 2.24 bits per heavy atom. The van der Waals surface area contributed by atoms with Gasteiger partial charge in [-0.2, -0.15) is 0 Å². The van der Waals surface area contributed by atoms with Crippen molar-refractivity contribution in [2.24, 2.45) is 4.99 Å². The Kier molecular flexibility index (Phi) is 4.60. The summed E-state index contributed by atoms with van der Waals surface area (Å²) < 4.78 is 1.16. The van der Waals surface area contributed by atoms with E-state index in [1.165, 1.54) is 25.7 Å². The second-order valence-electron chi connectivity index (χ2n) is 5.27. The van der Waals surface area contributed by atoms with Gasteiger partial charge in [0.1, 0.15) is 5.01 Å². The Morgan fingerprint density at radius 3 is 3.00 bits per heavy atom. The number of benzene rings is 1. The summed E-state index contributed by atoms with van der Waals surface area (Å²) in [5, 5.41) is 8.59. The second-order valence-corrected chi connectivity index (χ2v) is 6.82. The van der Waals surface area contributed by atoms with Crippen molar-refractivity contribution in [3.8, 4) is 0 Å². The van der Waals surface area contributed by atoms with Gasteiger partial charge in [0, 0.05) is 18.1 Å². The van der Waals surface area contributed by atoms with E-state index in [1.54, 1.807) is 11.3 Å². The molecule has 0 atom stereocenters. The summed E-state index contributed by atoms with van der Waals surface area (Å²) in [7, 11) is 1.81. The molecule has 0 radical (unpaired) electrons. The molecule has 6 heteroatoms. The zero-order chi connectivity index (χ0) is 14.7. The van der Waals surface area contributed by atoms with E-state index in [0.717, 1.165) is 26.2 Å². The normalized spacial score (nSPS) is 16.6. The SMILES string of the molecule is CN=C(NCc1nc2cc(Cl)ccc2s1)NC1CCCC1. The van der Waals surface area contributed by atoms with E-state index in [1.807, 2.05) is 25.2 Å². The first-order valence-electron chi connectivity index (χ1n) is 7.27. The predicted molar refractivity (Wildman–Crippen MR) is 90.2 cm³/mol. The lowest BCUT2D eigenvalue weighted by molar-refractivity contribution is 0.613. The van der Waals surface area contributed by atoms with Crippen molar-refractivity contribution in [1.29, 1.82) is 0 Å². The fourth-order valence-electron chi connectivity index (χ4n) is 2.64. The molecular weight excluding hydrogens is 304 g/mol. The van der Waals surface area contributed by atoms with Gasteiger partial charge in [-0.3, -0.25) is 4.99 Å². The number of nitrogens with zero attached hydrogens (tertiary/aromatic N) is 2. The molecule has 3 rings (SSSR count). The lowest BCUT2D eigenvalue weighted by atomic mass is 10.2. The van der Waals surface area contributed by atoms with Gasteiger partial charge >= 0.3 is 0 Å². The van der Waals surface area contributed by atoms with Gasteiger partial charge < -0.3 is 10.6 Å². The van der Waals surface area contributed by atoms with Crippen LogP contribution in [0.3, 0.4) is 0 Å². The average molecular weight is 323 g/mol. The zero-order valence-electron chi connectivity index (χ0n) is 12.0. The number of fused-ring (bicyclic) bond motifs is 1. The number of hydrogen-bond donors (Lipinski definition) is 2. The lowest BCUT2D eigenvalue weighted by Crippen LogP contribution is -2.41. The van der Waals surface area contributed by atoms with Gasteiger partial charge in [0.2, 0.25) is 0 Å². The van der Waals surface area contributed by atoms with Crippen LogP contribution in [0.15, 0.2) is 23.2 Å². The molecule has 1 aliphatic carbocycles. The molecule has 2 aromatic rings. The highest BCUT2D eigenvalue weighted by Crippen LogP contribution is 2.24. The first kappa shape index (κ1) is 14.6. The van der Waals surface area contributed by atoms with Crippen molar-refractivity contribution in [2.75, 3.05) is 7.05 Å². The third kappa shape index (κ3) is 3.66. The fourth-order valence-corrected chi connectivity index (χ4v) is 3.70. The molecule has 0 spiro atoms. The Morgan fingerprint density at radius 1 is 1.43 bits per heavy atom. The third-order valence-electron chi connectivity index (χ3n) is 3.72. The predicted octanol–water partition coefficient (Wildman–Crippen LogP) is 3.56. The summed E-state index contributed by atoms with van der Waals surface area (Å²) in [4.78, 5) is 8.89. The molecule has 0 amide bonds. The average Bonchev–Trinajstić information content (AvgIpc) is 3.11. The lowest BCUT2D eigenvalue weighted by Gasteiger charge is -2.16. The smallest absolute Gasteiger partial charge is 0.191 e. The summed E-state index contributed by atoms with van der Waals surface area (Å²) in [5.41, 5.74) is 0.961. The van der Waals surface area contributed by atoms with Gasteiger partial charge in [-0.1, -0.05) is 24.4 Å². The van der Waals surface area contributed by atoms with Crippen molar-refractivity contribution in [3.05, 3.63) is 28.2 Å². The number of aromatic nitrogens is 1. The number of hydrogen-bond acceptors (Lipinski definition) is 3. The standard InChI is InChI=1S/C15H19ClN4S/c1-17-15(19-11-4-2-3-5-11)18-9-14-20-12-8-10(16)6-7-13(12)21-14/h6-8,11H,2-5,9H2,1H3,(H2,17,18,19). The van der Waals surface area contributed by atoms with E-state index < -0.39 is 0 Å². The largest absolute Gasteiger partial charge is 0.354 e. The molecule has 112 valence electrons. The van der Waals surface area contributed by atoms with Crippen LogP contribution >= 0.6 is 22.9 Å². The molecule has 0 aliphatic heterocycles. The summed E-state index contributed by atoms with van der Waals surface area (Å²) in [6.45, 7) is 0.684. The quantitative estimate of drug-likeness (QED) is 0.671. The molecular formula is C15H19ClN4S. The van der Waals surface area contributed by atoms with Crippen LogP contribution in [0.1, 0.15) is 30.7 Å². The Bertz CT molecular complexity index is 646. The van der Waals surface area contributed by atoms with Crippen molar-refractivity contribution >= 4 is 39.1 Å².